The van der Waals surface area contributed by atoms with E-state index in [0.29, 0.717) is 6.54 Å². The number of aromatic nitrogens is 1. The summed E-state index contributed by atoms with van der Waals surface area (Å²) < 4.78 is 10.8. The maximum atomic E-state index is 5.48. The number of anilines is 1. The molecule has 0 spiro atoms. The van der Waals surface area contributed by atoms with Crippen LogP contribution < -0.4 is 15.0 Å². The van der Waals surface area contributed by atoms with Gasteiger partial charge in [-0.1, -0.05) is 41.6 Å². The van der Waals surface area contributed by atoms with Gasteiger partial charge in [0.15, 0.2) is 11.7 Å². The van der Waals surface area contributed by atoms with E-state index in [4.69, 9.17) is 9.26 Å². The van der Waals surface area contributed by atoms with Crippen LogP contribution in [0, 0.1) is 0 Å². The Kier molecular flexibility index (Phi) is 6.17. The van der Waals surface area contributed by atoms with Crippen LogP contribution in [0.15, 0.2) is 70.2 Å². The fourth-order valence-electron chi connectivity index (χ4n) is 3.62. The van der Waals surface area contributed by atoms with Gasteiger partial charge in [0, 0.05) is 56.6 Å². The number of aliphatic imine (C=N–C) groups is 1. The first-order valence-corrected chi connectivity index (χ1v) is 10.1. The van der Waals surface area contributed by atoms with Crippen molar-refractivity contribution in [3.8, 4) is 17.1 Å². The lowest BCUT2D eigenvalue weighted by Crippen LogP contribution is -2.52. The van der Waals surface area contributed by atoms with Crippen LogP contribution in [0.4, 0.5) is 5.69 Å². The number of piperazine rings is 1. The molecule has 0 aliphatic carbocycles. The molecule has 1 saturated heterocycles. The van der Waals surface area contributed by atoms with Crippen LogP contribution in [-0.2, 0) is 6.54 Å². The van der Waals surface area contributed by atoms with E-state index < -0.39 is 0 Å². The number of hydrogen-bond donors (Lipinski definition) is 1. The van der Waals surface area contributed by atoms with E-state index in [0.717, 1.165) is 54.9 Å². The molecule has 1 aliphatic rings. The molecule has 0 unspecified atom stereocenters. The Labute approximate surface area is 177 Å². The first kappa shape index (κ1) is 19.8. The van der Waals surface area contributed by atoms with Crippen LogP contribution >= 0.6 is 0 Å². The smallest absolute Gasteiger partial charge is 0.194 e. The number of ether oxygens (including phenoxy) is 1. The van der Waals surface area contributed by atoms with Crippen molar-refractivity contribution in [3.63, 3.8) is 0 Å². The van der Waals surface area contributed by atoms with Crippen LogP contribution in [-0.4, -0.2) is 56.4 Å². The highest BCUT2D eigenvalue weighted by Crippen LogP contribution is 2.22. The van der Waals surface area contributed by atoms with Gasteiger partial charge in [-0.3, -0.25) is 4.99 Å². The molecule has 0 atom stereocenters. The molecule has 0 radical (unpaired) electrons. The second-order valence-corrected chi connectivity index (χ2v) is 7.12. The molecule has 7 nitrogen and oxygen atoms in total. The van der Waals surface area contributed by atoms with E-state index in [1.165, 1.54) is 5.69 Å². The van der Waals surface area contributed by atoms with Gasteiger partial charge in [0.2, 0.25) is 0 Å². The van der Waals surface area contributed by atoms with Gasteiger partial charge in [-0.25, -0.2) is 0 Å². The fourth-order valence-corrected chi connectivity index (χ4v) is 3.62. The molecular weight excluding hydrogens is 378 g/mol. The number of rotatable bonds is 5. The van der Waals surface area contributed by atoms with Crippen molar-refractivity contribution in [2.24, 2.45) is 4.99 Å². The zero-order valence-corrected chi connectivity index (χ0v) is 17.4. The third-order valence-electron chi connectivity index (χ3n) is 5.25. The summed E-state index contributed by atoms with van der Waals surface area (Å²) in [6, 6.07) is 20.2. The minimum atomic E-state index is 0.569. The zero-order valence-electron chi connectivity index (χ0n) is 17.4. The van der Waals surface area contributed by atoms with E-state index in [1.807, 2.05) is 55.6 Å². The van der Waals surface area contributed by atoms with Crippen molar-refractivity contribution in [2.75, 3.05) is 45.2 Å². The number of nitrogens with zero attached hydrogens (tertiary/aromatic N) is 4. The Morgan fingerprint density at radius 2 is 1.87 bits per heavy atom. The lowest BCUT2D eigenvalue weighted by Gasteiger charge is -2.37. The maximum absolute atomic E-state index is 5.48. The molecule has 0 saturated carbocycles. The monoisotopic (exact) mass is 405 g/mol. The summed E-state index contributed by atoms with van der Waals surface area (Å²) in [6.07, 6.45) is 0. The average Bonchev–Trinajstić information content (AvgIpc) is 3.30. The van der Waals surface area contributed by atoms with Crippen LogP contribution in [0.5, 0.6) is 5.75 Å². The molecule has 156 valence electrons. The van der Waals surface area contributed by atoms with Gasteiger partial charge in [-0.15, -0.1) is 0 Å². The molecule has 0 bridgehead atoms. The maximum Gasteiger partial charge on any atom is 0.194 e. The molecule has 7 heteroatoms. The highest BCUT2D eigenvalue weighted by Gasteiger charge is 2.20. The molecule has 30 heavy (non-hydrogen) atoms. The predicted octanol–water partition coefficient (Wildman–Crippen LogP) is 3.25. The Hall–Kier alpha value is -3.48. The average molecular weight is 406 g/mol. The van der Waals surface area contributed by atoms with Crippen LogP contribution in [0.3, 0.4) is 0 Å². The molecule has 3 aromatic rings. The van der Waals surface area contributed by atoms with Gasteiger partial charge in [0.1, 0.15) is 11.4 Å². The molecular formula is C23H27N5O2. The second kappa shape index (κ2) is 9.35. The van der Waals surface area contributed by atoms with E-state index >= 15 is 0 Å². The van der Waals surface area contributed by atoms with Gasteiger partial charge < -0.3 is 24.4 Å². The number of nitrogens with one attached hydrogen (secondary N) is 1. The summed E-state index contributed by atoms with van der Waals surface area (Å²) in [6.45, 7) is 4.21. The van der Waals surface area contributed by atoms with Crippen molar-refractivity contribution in [3.05, 3.63) is 66.4 Å². The summed E-state index contributed by atoms with van der Waals surface area (Å²) in [5.41, 5.74) is 3.06. The summed E-state index contributed by atoms with van der Waals surface area (Å²) in [5.74, 6) is 2.54. The minimum absolute atomic E-state index is 0.569. The van der Waals surface area contributed by atoms with Crippen LogP contribution in [0.1, 0.15) is 5.69 Å². The quantitative estimate of drug-likeness (QED) is 0.519. The lowest BCUT2D eigenvalue weighted by molar-refractivity contribution is 0.370. The third kappa shape index (κ3) is 4.56. The zero-order chi connectivity index (χ0) is 20.8. The molecule has 1 fully saturated rings. The Morgan fingerprint density at radius 3 is 2.60 bits per heavy atom. The van der Waals surface area contributed by atoms with Crippen molar-refractivity contribution in [2.45, 2.75) is 6.54 Å². The van der Waals surface area contributed by atoms with E-state index in [9.17, 15) is 0 Å². The standard InChI is InChI=1S/C23H27N5O2/c1-24-23(25-17-19-15-22(30-26-19)18-7-4-3-5-8-18)28-13-11-27(12-14-28)20-9-6-10-21(16-20)29-2/h3-10,15-16H,11-14,17H2,1-2H3,(H,24,25). The summed E-state index contributed by atoms with van der Waals surface area (Å²) in [5, 5.41) is 7.59. The first-order valence-electron chi connectivity index (χ1n) is 10.1. The van der Waals surface area contributed by atoms with Crippen molar-refractivity contribution in [1.82, 2.24) is 15.4 Å². The van der Waals surface area contributed by atoms with Crippen molar-refractivity contribution < 1.29 is 9.26 Å². The van der Waals surface area contributed by atoms with E-state index in [2.05, 4.69) is 37.4 Å². The number of guanidine groups is 1. The molecule has 0 amide bonds. The molecule has 2 heterocycles. The SMILES string of the molecule is CN=C(NCc1cc(-c2ccccc2)on1)N1CCN(c2cccc(OC)c2)CC1. The molecule has 1 aliphatic heterocycles. The van der Waals surface area contributed by atoms with Gasteiger partial charge >= 0.3 is 0 Å². The van der Waals surface area contributed by atoms with Crippen LogP contribution in [0.25, 0.3) is 11.3 Å². The van der Waals surface area contributed by atoms with E-state index in [-0.39, 0.29) is 0 Å². The normalized spacial score (nSPS) is 14.7. The van der Waals surface area contributed by atoms with Crippen molar-refractivity contribution >= 4 is 11.6 Å². The van der Waals surface area contributed by atoms with Gasteiger partial charge in [0.05, 0.1) is 13.7 Å². The molecule has 4 rings (SSSR count). The van der Waals surface area contributed by atoms with Crippen LogP contribution in [0.2, 0.25) is 0 Å². The second-order valence-electron chi connectivity index (χ2n) is 7.12. The molecule has 1 N–H and O–H groups in total. The molecule has 1 aromatic heterocycles. The van der Waals surface area contributed by atoms with Gasteiger partial charge in [0.25, 0.3) is 0 Å². The Bertz CT molecular complexity index is 978. The fraction of sp³-hybridized carbons (Fsp3) is 0.304. The van der Waals surface area contributed by atoms with E-state index in [1.54, 1.807) is 7.11 Å². The summed E-state index contributed by atoms with van der Waals surface area (Å²) >= 11 is 0. The van der Waals surface area contributed by atoms with Gasteiger partial charge in [-0.2, -0.15) is 0 Å². The number of benzene rings is 2. The largest absolute Gasteiger partial charge is 0.497 e. The van der Waals surface area contributed by atoms with Crippen molar-refractivity contribution in [1.29, 1.82) is 0 Å². The number of hydrogen-bond acceptors (Lipinski definition) is 5. The highest BCUT2D eigenvalue weighted by molar-refractivity contribution is 5.80. The minimum Gasteiger partial charge on any atom is -0.497 e. The lowest BCUT2D eigenvalue weighted by atomic mass is 10.2. The third-order valence-corrected chi connectivity index (χ3v) is 5.25. The highest BCUT2D eigenvalue weighted by atomic mass is 16.5. The Balaban J connectivity index is 1.32. The Morgan fingerprint density at radius 1 is 1.07 bits per heavy atom. The van der Waals surface area contributed by atoms with Gasteiger partial charge in [-0.05, 0) is 12.1 Å². The predicted molar refractivity (Wildman–Crippen MR) is 119 cm³/mol. The topological polar surface area (TPSA) is 66.1 Å². The molecule has 2 aromatic carbocycles. The summed E-state index contributed by atoms with van der Waals surface area (Å²) in [4.78, 5) is 9.10. The summed E-state index contributed by atoms with van der Waals surface area (Å²) in [7, 11) is 3.51. The first-order chi connectivity index (χ1) is 14.8. The number of methoxy groups -OCH3 is 1.